The molecule has 0 saturated carbocycles. The molecule has 3 rings (SSSR count). The molecule has 1 aliphatic carbocycles. The molecule has 1 heterocycles. The number of fused-ring (bicyclic) bond motifs is 3. The Bertz CT molecular complexity index is 642. The summed E-state index contributed by atoms with van der Waals surface area (Å²) in [5.41, 5.74) is 3.45. The van der Waals surface area contributed by atoms with E-state index in [-0.39, 0.29) is 11.5 Å². The molecule has 3 atom stereocenters. The van der Waals surface area contributed by atoms with Crippen LogP contribution in [0, 0.1) is 5.92 Å². The van der Waals surface area contributed by atoms with Crippen molar-refractivity contribution in [3.63, 3.8) is 0 Å². The lowest BCUT2D eigenvalue weighted by atomic mass is 9.68. The number of hydrogen-bond acceptors (Lipinski definition) is 2. The monoisotopic (exact) mass is 328 g/mol. The van der Waals surface area contributed by atoms with Gasteiger partial charge in [0, 0.05) is 17.4 Å². The number of ether oxygens (including phenoxy) is 1. The minimum atomic E-state index is -0.188. The number of unbranched alkanes of at least 4 members (excludes halogenated alkanes) is 1. The predicted molar refractivity (Wildman–Crippen MR) is 100.0 cm³/mol. The van der Waals surface area contributed by atoms with Crippen molar-refractivity contribution in [2.24, 2.45) is 5.92 Å². The quantitative estimate of drug-likeness (QED) is 0.657. The highest BCUT2D eigenvalue weighted by Gasteiger charge is 2.45. The van der Waals surface area contributed by atoms with E-state index >= 15 is 0 Å². The molecule has 2 nitrogen and oxygen atoms in total. The van der Waals surface area contributed by atoms with E-state index in [0.29, 0.717) is 17.6 Å². The van der Waals surface area contributed by atoms with Crippen LogP contribution < -0.4 is 4.74 Å². The standard InChI is InChI=1S/C22H32O2/c1-6-7-8-15(3)16-12-19(23)21-17-11-14(2)9-10-18(17)22(4,5)24-20(21)13-16/h11-13,15,17-18,23H,6-10H2,1-5H3/t15?,17-,18-/m1/s1. The molecule has 2 heteroatoms. The molecule has 0 fully saturated rings. The number of benzene rings is 1. The zero-order valence-corrected chi connectivity index (χ0v) is 15.9. The molecule has 0 amide bonds. The van der Waals surface area contributed by atoms with Gasteiger partial charge in [-0.15, -0.1) is 0 Å². The predicted octanol–water partition coefficient (Wildman–Crippen LogP) is 6.30. The minimum Gasteiger partial charge on any atom is -0.507 e. The summed E-state index contributed by atoms with van der Waals surface area (Å²) < 4.78 is 6.41. The molecule has 2 aliphatic rings. The van der Waals surface area contributed by atoms with E-state index in [1.807, 2.05) is 6.07 Å². The second-order valence-electron chi connectivity index (χ2n) is 8.38. The molecule has 24 heavy (non-hydrogen) atoms. The molecule has 0 bridgehead atoms. The largest absolute Gasteiger partial charge is 0.507 e. The maximum Gasteiger partial charge on any atom is 0.127 e. The average molecular weight is 328 g/mol. The van der Waals surface area contributed by atoms with Crippen molar-refractivity contribution in [1.82, 2.24) is 0 Å². The summed E-state index contributed by atoms with van der Waals surface area (Å²) in [7, 11) is 0. The Labute approximate surface area is 146 Å². The maximum absolute atomic E-state index is 10.8. The summed E-state index contributed by atoms with van der Waals surface area (Å²) in [6.45, 7) is 11.1. The molecule has 0 spiro atoms. The third-order valence-corrected chi connectivity index (χ3v) is 6.05. The summed E-state index contributed by atoms with van der Waals surface area (Å²) in [5, 5.41) is 10.8. The Kier molecular flexibility index (Phi) is 4.68. The third kappa shape index (κ3) is 3.08. The lowest BCUT2D eigenvalue weighted by molar-refractivity contribution is 0.0107. The number of hydrogen-bond donors (Lipinski definition) is 1. The number of allylic oxidation sites excluding steroid dienone is 2. The first-order valence-corrected chi connectivity index (χ1v) is 9.56. The van der Waals surface area contributed by atoms with Crippen molar-refractivity contribution < 1.29 is 9.84 Å². The molecule has 1 N–H and O–H groups in total. The normalized spacial score (nSPS) is 26.0. The maximum atomic E-state index is 10.8. The summed E-state index contributed by atoms with van der Waals surface area (Å²) in [4.78, 5) is 0. The van der Waals surface area contributed by atoms with Crippen molar-refractivity contribution in [3.05, 3.63) is 34.9 Å². The van der Waals surface area contributed by atoms with Crippen LogP contribution in [0.15, 0.2) is 23.8 Å². The molecular weight excluding hydrogens is 296 g/mol. The summed E-state index contributed by atoms with van der Waals surface area (Å²) in [5.74, 6) is 2.47. The minimum absolute atomic E-state index is 0.188. The fraction of sp³-hybridized carbons (Fsp3) is 0.636. The molecule has 0 saturated heterocycles. The first kappa shape index (κ1) is 17.4. The van der Waals surface area contributed by atoms with Crippen LogP contribution in [0.5, 0.6) is 11.5 Å². The van der Waals surface area contributed by atoms with Gasteiger partial charge in [-0.05, 0) is 63.6 Å². The lowest BCUT2D eigenvalue weighted by Crippen LogP contribution is -2.45. The molecule has 1 aliphatic heterocycles. The van der Waals surface area contributed by atoms with E-state index < -0.39 is 0 Å². The van der Waals surface area contributed by atoms with Gasteiger partial charge in [-0.2, -0.15) is 0 Å². The molecule has 1 unspecified atom stereocenters. The van der Waals surface area contributed by atoms with E-state index in [1.165, 1.54) is 24.0 Å². The van der Waals surface area contributed by atoms with Gasteiger partial charge < -0.3 is 9.84 Å². The number of aromatic hydroxyl groups is 1. The average Bonchev–Trinajstić information content (AvgIpc) is 2.50. The Morgan fingerprint density at radius 1 is 1.33 bits per heavy atom. The highest BCUT2D eigenvalue weighted by Crippen LogP contribution is 2.53. The van der Waals surface area contributed by atoms with Gasteiger partial charge in [0.15, 0.2) is 0 Å². The van der Waals surface area contributed by atoms with Gasteiger partial charge in [-0.25, -0.2) is 0 Å². The smallest absolute Gasteiger partial charge is 0.127 e. The van der Waals surface area contributed by atoms with Crippen LogP contribution in [0.3, 0.4) is 0 Å². The van der Waals surface area contributed by atoms with Crippen LogP contribution in [0.25, 0.3) is 0 Å². The Hall–Kier alpha value is -1.44. The van der Waals surface area contributed by atoms with Gasteiger partial charge in [-0.3, -0.25) is 0 Å². The Morgan fingerprint density at radius 2 is 2.08 bits per heavy atom. The topological polar surface area (TPSA) is 29.5 Å². The Balaban J connectivity index is 2.03. The van der Waals surface area contributed by atoms with Crippen LogP contribution in [0.2, 0.25) is 0 Å². The van der Waals surface area contributed by atoms with Crippen LogP contribution in [0.4, 0.5) is 0 Å². The molecule has 1 aromatic rings. The fourth-order valence-corrected chi connectivity index (χ4v) is 4.51. The van der Waals surface area contributed by atoms with Crippen LogP contribution in [-0.2, 0) is 0 Å². The van der Waals surface area contributed by atoms with Crippen molar-refractivity contribution in [2.45, 2.75) is 84.2 Å². The number of rotatable bonds is 4. The second-order valence-corrected chi connectivity index (χ2v) is 8.38. The van der Waals surface area contributed by atoms with Crippen molar-refractivity contribution in [1.29, 1.82) is 0 Å². The van der Waals surface area contributed by atoms with Gasteiger partial charge >= 0.3 is 0 Å². The summed E-state index contributed by atoms with van der Waals surface area (Å²) in [6.07, 6.45) is 8.21. The SMILES string of the molecule is CCCCC(C)c1cc(O)c2c(c1)OC(C)(C)[C@@H]1CCC(C)=C[C@@H]21. The Morgan fingerprint density at radius 3 is 2.79 bits per heavy atom. The van der Waals surface area contributed by atoms with E-state index in [4.69, 9.17) is 4.74 Å². The van der Waals surface area contributed by atoms with Gasteiger partial charge in [0.2, 0.25) is 0 Å². The lowest BCUT2D eigenvalue weighted by Gasteiger charge is -2.46. The van der Waals surface area contributed by atoms with Crippen molar-refractivity contribution in [2.75, 3.05) is 0 Å². The molecular formula is C22H32O2. The van der Waals surface area contributed by atoms with E-state index in [0.717, 1.165) is 30.6 Å². The highest BCUT2D eigenvalue weighted by atomic mass is 16.5. The van der Waals surface area contributed by atoms with Crippen molar-refractivity contribution >= 4 is 0 Å². The first-order chi connectivity index (χ1) is 11.3. The second kappa shape index (κ2) is 6.46. The molecule has 0 aromatic heterocycles. The van der Waals surface area contributed by atoms with Gasteiger partial charge in [0.25, 0.3) is 0 Å². The first-order valence-electron chi connectivity index (χ1n) is 9.56. The van der Waals surface area contributed by atoms with Crippen molar-refractivity contribution in [3.8, 4) is 11.5 Å². The van der Waals surface area contributed by atoms with E-state index in [9.17, 15) is 5.11 Å². The zero-order valence-electron chi connectivity index (χ0n) is 15.9. The molecule has 1 aromatic carbocycles. The highest BCUT2D eigenvalue weighted by molar-refractivity contribution is 5.54. The fourth-order valence-electron chi connectivity index (χ4n) is 4.51. The van der Waals surface area contributed by atoms with Gasteiger partial charge in [0.1, 0.15) is 17.1 Å². The van der Waals surface area contributed by atoms with Gasteiger partial charge in [-0.1, -0.05) is 38.3 Å². The van der Waals surface area contributed by atoms with Gasteiger partial charge in [0.05, 0.1) is 0 Å². The van der Waals surface area contributed by atoms with Crippen LogP contribution in [0.1, 0.15) is 89.7 Å². The molecule has 0 radical (unpaired) electrons. The molecule has 132 valence electrons. The van der Waals surface area contributed by atoms with Crippen LogP contribution in [-0.4, -0.2) is 10.7 Å². The third-order valence-electron chi connectivity index (χ3n) is 6.05. The van der Waals surface area contributed by atoms with Crippen LogP contribution >= 0.6 is 0 Å². The number of phenols is 1. The van der Waals surface area contributed by atoms with E-state index in [2.05, 4.69) is 46.8 Å². The van der Waals surface area contributed by atoms with E-state index in [1.54, 1.807) is 0 Å². The zero-order chi connectivity index (χ0) is 17.5. The summed E-state index contributed by atoms with van der Waals surface area (Å²) in [6, 6.07) is 4.17. The summed E-state index contributed by atoms with van der Waals surface area (Å²) >= 11 is 0. The number of phenolic OH excluding ortho intramolecular Hbond substituents is 1.